The highest BCUT2D eigenvalue weighted by Crippen LogP contribution is 2.25. The van der Waals surface area contributed by atoms with Crippen molar-refractivity contribution in [3.8, 4) is 5.75 Å². The van der Waals surface area contributed by atoms with Gasteiger partial charge >= 0.3 is 0 Å². The molecule has 112 valence electrons. The van der Waals surface area contributed by atoms with Crippen molar-refractivity contribution in [2.45, 2.75) is 27.7 Å². The van der Waals surface area contributed by atoms with Crippen LogP contribution in [-0.4, -0.2) is 13.2 Å². The molecule has 1 N–H and O–H groups in total. The molecule has 0 saturated carbocycles. The Morgan fingerprint density at radius 1 is 1.00 bits per heavy atom. The highest BCUT2D eigenvalue weighted by Gasteiger charge is 2.04. The zero-order valence-corrected chi connectivity index (χ0v) is 13.8. The molecular weight excluding hydrogens is 282 g/mol. The molecule has 0 saturated heterocycles. The quantitative estimate of drug-likeness (QED) is 0.779. The number of benzene rings is 2. The second-order valence-corrected chi connectivity index (χ2v) is 5.77. The Hall–Kier alpha value is -1.67. The second-order valence-electron chi connectivity index (χ2n) is 5.39. The summed E-state index contributed by atoms with van der Waals surface area (Å²) in [5.74, 6) is 0.872. The predicted molar refractivity (Wildman–Crippen MR) is 90.8 cm³/mol. The molecule has 0 unspecified atom stereocenters. The third kappa shape index (κ3) is 3.92. The fourth-order valence-corrected chi connectivity index (χ4v) is 2.40. The molecule has 2 aromatic carbocycles. The van der Waals surface area contributed by atoms with Gasteiger partial charge in [0.25, 0.3) is 0 Å². The number of nitrogens with one attached hydrogen (secondary N) is 1. The van der Waals surface area contributed by atoms with E-state index in [0.29, 0.717) is 6.61 Å². The zero-order chi connectivity index (χ0) is 15.4. The maximum atomic E-state index is 6.16. The minimum Gasteiger partial charge on any atom is -0.492 e. The third-order valence-corrected chi connectivity index (χ3v) is 4.30. The van der Waals surface area contributed by atoms with Gasteiger partial charge in [-0.1, -0.05) is 23.7 Å². The molecule has 0 aliphatic heterocycles. The van der Waals surface area contributed by atoms with Gasteiger partial charge in [0.1, 0.15) is 12.4 Å². The first-order chi connectivity index (χ1) is 9.99. The average molecular weight is 304 g/mol. The summed E-state index contributed by atoms with van der Waals surface area (Å²) >= 11 is 6.16. The van der Waals surface area contributed by atoms with Gasteiger partial charge in [0.2, 0.25) is 0 Å². The number of anilines is 1. The lowest BCUT2D eigenvalue weighted by atomic mass is 10.1. The number of hydrogen-bond donors (Lipinski definition) is 1. The maximum Gasteiger partial charge on any atom is 0.120 e. The lowest BCUT2D eigenvalue weighted by molar-refractivity contribution is 0.332. The van der Waals surface area contributed by atoms with Crippen LogP contribution in [-0.2, 0) is 0 Å². The van der Waals surface area contributed by atoms with Crippen LogP contribution in [0.2, 0.25) is 5.02 Å². The van der Waals surface area contributed by atoms with Crippen molar-refractivity contribution >= 4 is 17.3 Å². The molecule has 0 bridgehead atoms. The summed E-state index contributed by atoms with van der Waals surface area (Å²) in [5, 5.41) is 4.23. The van der Waals surface area contributed by atoms with Gasteiger partial charge in [0.15, 0.2) is 0 Å². The zero-order valence-electron chi connectivity index (χ0n) is 13.1. The second kappa shape index (κ2) is 6.86. The van der Waals surface area contributed by atoms with Crippen LogP contribution in [0.1, 0.15) is 22.3 Å². The van der Waals surface area contributed by atoms with Gasteiger partial charge in [0.05, 0.1) is 0 Å². The summed E-state index contributed by atoms with van der Waals surface area (Å²) in [7, 11) is 0. The van der Waals surface area contributed by atoms with Crippen molar-refractivity contribution in [1.29, 1.82) is 0 Å². The summed E-state index contributed by atoms with van der Waals surface area (Å²) in [6.07, 6.45) is 0. The van der Waals surface area contributed by atoms with Crippen LogP contribution < -0.4 is 10.1 Å². The molecule has 0 heterocycles. The van der Waals surface area contributed by atoms with Gasteiger partial charge in [-0.05, 0) is 68.1 Å². The number of ether oxygens (including phenoxy) is 1. The SMILES string of the molecule is Cc1cccc(NCCOc2cc(C)c(Cl)c(C)c2)c1C. The average Bonchev–Trinajstić information content (AvgIpc) is 2.45. The molecule has 0 fully saturated rings. The van der Waals surface area contributed by atoms with E-state index in [1.54, 1.807) is 0 Å². The number of halogens is 1. The van der Waals surface area contributed by atoms with Crippen molar-refractivity contribution in [3.05, 3.63) is 57.6 Å². The van der Waals surface area contributed by atoms with Crippen LogP contribution in [0.25, 0.3) is 0 Å². The van der Waals surface area contributed by atoms with Gasteiger partial charge in [0, 0.05) is 17.3 Å². The molecule has 0 amide bonds. The van der Waals surface area contributed by atoms with Crippen LogP contribution in [0.4, 0.5) is 5.69 Å². The summed E-state index contributed by atoms with van der Waals surface area (Å²) in [5.41, 5.74) is 5.85. The molecule has 21 heavy (non-hydrogen) atoms. The topological polar surface area (TPSA) is 21.3 Å². The standard InChI is InChI=1S/C18H22ClNO/c1-12-6-5-7-17(15(12)4)20-8-9-21-16-10-13(2)18(19)14(3)11-16/h5-7,10-11,20H,8-9H2,1-4H3. The molecule has 2 nitrogen and oxygen atoms in total. The summed E-state index contributed by atoms with van der Waals surface area (Å²) in [4.78, 5) is 0. The van der Waals surface area contributed by atoms with E-state index in [2.05, 4.69) is 37.4 Å². The summed E-state index contributed by atoms with van der Waals surface area (Å²) < 4.78 is 5.79. The molecule has 2 aromatic rings. The molecule has 0 spiro atoms. The van der Waals surface area contributed by atoms with Crippen molar-refractivity contribution in [3.63, 3.8) is 0 Å². The monoisotopic (exact) mass is 303 g/mol. The van der Waals surface area contributed by atoms with E-state index in [-0.39, 0.29) is 0 Å². The van der Waals surface area contributed by atoms with Crippen LogP contribution in [0.5, 0.6) is 5.75 Å². The van der Waals surface area contributed by atoms with E-state index in [9.17, 15) is 0 Å². The van der Waals surface area contributed by atoms with E-state index >= 15 is 0 Å². The van der Waals surface area contributed by atoms with Crippen LogP contribution in [0, 0.1) is 27.7 Å². The fraction of sp³-hybridized carbons (Fsp3) is 0.333. The van der Waals surface area contributed by atoms with E-state index in [1.807, 2.05) is 26.0 Å². The van der Waals surface area contributed by atoms with Crippen LogP contribution in [0.3, 0.4) is 0 Å². The minimum atomic E-state index is 0.619. The largest absolute Gasteiger partial charge is 0.492 e. The molecule has 0 aromatic heterocycles. The first-order valence-corrected chi connectivity index (χ1v) is 7.56. The predicted octanol–water partition coefficient (Wildman–Crippen LogP) is 5.06. The molecule has 0 aliphatic rings. The minimum absolute atomic E-state index is 0.619. The Bertz CT molecular complexity index is 614. The summed E-state index contributed by atoms with van der Waals surface area (Å²) in [6.45, 7) is 9.63. The number of hydrogen-bond acceptors (Lipinski definition) is 2. The Kier molecular flexibility index (Phi) is 5.13. The third-order valence-electron chi connectivity index (χ3n) is 3.70. The molecule has 0 aliphatic carbocycles. The first-order valence-electron chi connectivity index (χ1n) is 7.18. The fourth-order valence-electron chi connectivity index (χ4n) is 2.29. The Morgan fingerprint density at radius 3 is 2.33 bits per heavy atom. The van der Waals surface area contributed by atoms with Gasteiger partial charge < -0.3 is 10.1 Å². The maximum absolute atomic E-state index is 6.16. The Morgan fingerprint density at radius 2 is 1.67 bits per heavy atom. The Balaban J connectivity index is 1.89. The highest BCUT2D eigenvalue weighted by molar-refractivity contribution is 6.32. The lowest BCUT2D eigenvalue weighted by Gasteiger charge is -2.13. The van der Waals surface area contributed by atoms with E-state index < -0.39 is 0 Å². The number of aryl methyl sites for hydroxylation is 3. The number of rotatable bonds is 5. The molecule has 0 radical (unpaired) electrons. The first kappa shape index (κ1) is 15.7. The molecule has 3 heteroatoms. The van der Waals surface area contributed by atoms with E-state index in [4.69, 9.17) is 16.3 Å². The molecule has 2 rings (SSSR count). The van der Waals surface area contributed by atoms with Crippen LogP contribution >= 0.6 is 11.6 Å². The smallest absolute Gasteiger partial charge is 0.120 e. The lowest BCUT2D eigenvalue weighted by Crippen LogP contribution is -2.12. The highest BCUT2D eigenvalue weighted by atomic mass is 35.5. The van der Waals surface area contributed by atoms with Gasteiger partial charge in [-0.3, -0.25) is 0 Å². The van der Waals surface area contributed by atoms with Crippen LogP contribution in [0.15, 0.2) is 30.3 Å². The van der Waals surface area contributed by atoms with Gasteiger partial charge in [-0.15, -0.1) is 0 Å². The van der Waals surface area contributed by atoms with Crippen molar-refractivity contribution in [1.82, 2.24) is 0 Å². The van der Waals surface area contributed by atoms with E-state index in [1.165, 1.54) is 16.8 Å². The van der Waals surface area contributed by atoms with Crippen molar-refractivity contribution in [2.75, 3.05) is 18.5 Å². The normalized spacial score (nSPS) is 10.5. The van der Waals surface area contributed by atoms with Crippen molar-refractivity contribution < 1.29 is 4.74 Å². The van der Waals surface area contributed by atoms with Gasteiger partial charge in [-0.25, -0.2) is 0 Å². The molecular formula is C18H22ClNO. The van der Waals surface area contributed by atoms with E-state index in [0.717, 1.165) is 28.4 Å². The summed E-state index contributed by atoms with van der Waals surface area (Å²) in [6, 6.07) is 10.2. The Labute approximate surface area is 132 Å². The van der Waals surface area contributed by atoms with Crippen molar-refractivity contribution in [2.24, 2.45) is 0 Å². The van der Waals surface area contributed by atoms with Gasteiger partial charge in [-0.2, -0.15) is 0 Å². The molecule has 0 atom stereocenters.